The van der Waals surface area contributed by atoms with Gasteiger partial charge in [-0.15, -0.1) is 0 Å². The number of benzene rings is 1. The lowest BCUT2D eigenvalue weighted by Gasteiger charge is -2.21. The van der Waals surface area contributed by atoms with E-state index in [1.807, 2.05) is 12.1 Å². The van der Waals surface area contributed by atoms with Gasteiger partial charge in [0, 0.05) is 17.5 Å². The third-order valence-electron chi connectivity index (χ3n) is 3.63. The summed E-state index contributed by atoms with van der Waals surface area (Å²) in [6.07, 6.45) is 2.28. The molecule has 0 saturated carbocycles. The Bertz CT molecular complexity index is 350. The molecule has 1 aliphatic heterocycles. The maximum atomic E-state index is 6.29. The Morgan fingerprint density at radius 2 is 2.19 bits per heavy atom. The third kappa shape index (κ3) is 2.22. The van der Waals surface area contributed by atoms with E-state index in [0.29, 0.717) is 11.8 Å². The predicted molar refractivity (Wildman–Crippen MR) is 66.7 cm³/mol. The lowest BCUT2D eigenvalue weighted by molar-refractivity contribution is 0.298. The van der Waals surface area contributed by atoms with Crippen LogP contribution >= 0.6 is 0 Å². The minimum absolute atomic E-state index is 0.221. The fourth-order valence-corrected chi connectivity index (χ4v) is 2.34. The quantitative estimate of drug-likeness (QED) is 0.845. The molecule has 2 rings (SSSR count). The van der Waals surface area contributed by atoms with E-state index in [0.717, 1.165) is 18.8 Å². The van der Waals surface area contributed by atoms with Crippen molar-refractivity contribution in [1.29, 1.82) is 0 Å². The number of nitrogens with two attached hydrogens (primary N) is 1. The number of hydrogen-bond donors (Lipinski definition) is 1. The summed E-state index contributed by atoms with van der Waals surface area (Å²) in [5, 5.41) is 0. The Kier molecular flexibility index (Phi) is 3.49. The summed E-state index contributed by atoms with van der Waals surface area (Å²) in [6.45, 7) is 5.23. The molecule has 1 aromatic rings. The highest BCUT2D eigenvalue weighted by atomic mass is 16.5. The first-order chi connectivity index (χ1) is 7.72. The van der Waals surface area contributed by atoms with Crippen LogP contribution in [0.1, 0.15) is 38.2 Å². The third-order valence-corrected chi connectivity index (χ3v) is 3.63. The van der Waals surface area contributed by atoms with Gasteiger partial charge in [0.2, 0.25) is 0 Å². The first-order valence-corrected chi connectivity index (χ1v) is 6.19. The highest BCUT2D eigenvalue weighted by Gasteiger charge is 2.29. The summed E-state index contributed by atoms with van der Waals surface area (Å²) >= 11 is 0. The van der Waals surface area contributed by atoms with Crippen molar-refractivity contribution in [3.05, 3.63) is 29.8 Å². The first kappa shape index (κ1) is 11.5. The molecular formula is C14H21NO. The zero-order valence-electron chi connectivity index (χ0n) is 10.1. The monoisotopic (exact) mass is 219 g/mol. The molecule has 0 amide bonds. The second-order valence-corrected chi connectivity index (χ2v) is 4.87. The predicted octanol–water partition coefficient (Wildman–Crippen LogP) is 2.93. The SMILES string of the molecule is CCC(C)CC(N)C1COc2ccccc21. The van der Waals surface area contributed by atoms with Crippen LogP contribution in [0.2, 0.25) is 0 Å². The van der Waals surface area contributed by atoms with Crippen LogP contribution in [-0.2, 0) is 0 Å². The van der Waals surface area contributed by atoms with Crippen LogP contribution in [0.4, 0.5) is 0 Å². The van der Waals surface area contributed by atoms with Gasteiger partial charge in [0.1, 0.15) is 5.75 Å². The molecule has 3 unspecified atom stereocenters. The number of hydrogen-bond acceptors (Lipinski definition) is 2. The summed E-state index contributed by atoms with van der Waals surface area (Å²) in [4.78, 5) is 0. The maximum absolute atomic E-state index is 6.29. The average molecular weight is 219 g/mol. The Balaban J connectivity index is 2.07. The van der Waals surface area contributed by atoms with E-state index in [9.17, 15) is 0 Å². The lowest BCUT2D eigenvalue weighted by atomic mass is 9.87. The second-order valence-electron chi connectivity index (χ2n) is 4.87. The van der Waals surface area contributed by atoms with Crippen LogP contribution in [0.5, 0.6) is 5.75 Å². The molecule has 0 fully saturated rings. The second kappa shape index (κ2) is 4.88. The van der Waals surface area contributed by atoms with Crippen molar-refractivity contribution in [2.75, 3.05) is 6.61 Å². The van der Waals surface area contributed by atoms with Gasteiger partial charge in [0.25, 0.3) is 0 Å². The van der Waals surface area contributed by atoms with E-state index in [4.69, 9.17) is 10.5 Å². The molecule has 2 heteroatoms. The molecule has 1 aliphatic rings. The zero-order valence-corrected chi connectivity index (χ0v) is 10.1. The van der Waals surface area contributed by atoms with Crippen molar-refractivity contribution >= 4 is 0 Å². The van der Waals surface area contributed by atoms with Crippen molar-refractivity contribution in [1.82, 2.24) is 0 Å². The molecule has 3 atom stereocenters. The molecule has 0 aromatic heterocycles. The molecular weight excluding hydrogens is 198 g/mol. The number of ether oxygens (including phenoxy) is 1. The van der Waals surface area contributed by atoms with E-state index >= 15 is 0 Å². The van der Waals surface area contributed by atoms with Crippen LogP contribution in [0.25, 0.3) is 0 Å². The minimum Gasteiger partial charge on any atom is -0.493 e. The summed E-state index contributed by atoms with van der Waals surface area (Å²) in [5.74, 6) is 2.10. The summed E-state index contributed by atoms with van der Waals surface area (Å²) < 4.78 is 5.67. The molecule has 0 aliphatic carbocycles. The molecule has 2 N–H and O–H groups in total. The summed E-state index contributed by atoms with van der Waals surface area (Å²) in [5.41, 5.74) is 7.58. The highest BCUT2D eigenvalue weighted by molar-refractivity contribution is 5.40. The van der Waals surface area contributed by atoms with Gasteiger partial charge < -0.3 is 10.5 Å². The zero-order chi connectivity index (χ0) is 11.5. The van der Waals surface area contributed by atoms with E-state index < -0.39 is 0 Å². The van der Waals surface area contributed by atoms with Gasteiger partial charge in [-0.1, -0.05) is 38.5 Å². The van der Waals surface area contributed by atoms with Crippen molar-refractivity contribution in [3.8, 4) is 5.75 Å². The van der Waals surface area contributed by atoms with Crippen molar-refractivity contribution in [3.63, 3.8) is 0 Å². The van der Waals surface area contributed by atoms with E-state index in [1.54, 1.807) is 0 Å². The minimum atomic E-state index is 0.221. The van der Waals surface area contributed by atoms with Gasteiger partial charge in [0.05, 0.1) is 6.61 Å². The largest absolute Gasteiger partial charge is 0.493 e. The molecule has 1 aromatic carbocycles. The normalized spacial score (nSPS) is 22.3. The molecule has 0 bridgehead atoms. The molecule has 0 spiro atoms. The molecule has 16 heavy (non-hydrogen) atoms. The Labute approximate surface area is 97.8 Å². The first-order valence-electron chi connectivity index (χ1n) is 6.19. The molecule has 1 heterocycles. The summed E-state index contributed by atoms with van der Waals surface area (Å²) in [7, 11) is 0. The van der Waals surface area contributed by atoms with Gasteiger partial charge in [-0.25, -0.2) is 0 Å². The number of para-hydroxylation sites is 1. The highest BCUT2D eigenvalue weighted by Crippen LogP contribution is 2.36. The van der Waals surface area contributed by atoms with Crippen LogP contribution in [0.3, 0.4) is 0 Å². The van der Waals surface area contributed by atoms with Gasteiger partial charge in [-0.2, -0.15) is 0 Å². The number of fused-ring (bicyclic) bond motifs is 1. The molecule has 2 nitrogen and oxygen atoms in total. The van der Waals surface area contributed by atoms with Crippen LogP contribution in [-0.4, -0.2) is 12.6 Å². The standard InChI is InChI=1S/C14H21NO/c1-3-10(2)8-13(15)12-9-16-14-7-5-4-6-11(12)14/h4-7,10,12-13H,3,8-9,15H2,1-2H3. The van der Waals surface area contributed by atoms with Crippen molar-refractivity contribution in [2.45, 2.75) is 38.6 Å². The Hall–Kier alpha value is -1.02. The van der Waals surface area contributed by atoms with Crippen LogP contribution in [0.15, 0.2) is 24.3 Å². The van der Waals surface area contributed by atoms with Crippen molar-refractivity contribution < 1.29 is 4.74 Å². The van der Waals surface area contributed by atoms with Gasteiger partial charge >= 0.3 is 0 Å². The van der Waals surface area contributed by atoms with Crippen LogP contribution < -0.4 is 10.5 Å². The average Bonchev–Trinajstić information content (AvgIpc) is 2.72. The van der Waals surface area contributed by atoms with Crippen LogP contribution in [0, 0.1) is 5.92 Å². The Morgan fingerprint density at radius 1 is 1.44 bits per heavy atom. The molecule has 0 saturated heterocycles. The Morgan fingerprint density at radius 3 is 2.94 bits per heavy atom. The fourth-order valence-electron chi connectivity index (χ4n) is 2.34. The molecule has 88 valence electrons. The van der Waals surface area contributed by atoms with E-state index in [-0.39, 0.29) is 6.04 Å². The van der Waals surface area contributed by atoms with E-state index in [1.165, 1.54) is 12.0 Å². The topological polar surface area (TPSA) is 35.2 Å². The van der Waals surface area contributed by atoms with Gasteiger partial charge in [0.15, 0.2) is 0 Å². The van der Waals surface area contributed by atoms with Crippen molar-refractivity contribution in [2.24, 2.45) is 11.7 Å². The van der Waals surface area contributed by atoms with Gasteiger partial charge in [-0.3, -0.25) is 0 Å². The maximum Gasteiger partial charge on any atom is 0.122 e. The fraction of sp³-hybridized carbons (Fsp3) is 0.571. The van der Waals surface area contributed by atoms with Gasteiger partial charge in [-0.05, 0) is 18.4 Å². The summed E-state index contributed by atoms with van der Waals surface area (Å²) in [6, 6.07) is 8.48. The molecule has 0 radical (unpaired) electrons. The number of rotatable bonds is 4. The smallest absolute Gasteiger partial charge is 0.122 e. The van der Waals surface area contributed by atoms with E-state index in [2.05, 4.69) is 26.0 Å². The lowest BCUT2D eigenvalue weighted by Crippen LogP contribution is -2.31.